The Morgan fingerprint density at radius 2 is 2.18 bits per heavy atom. The number of allylic oxidation sites excluding steroid dienone is 2. The maximum absolute atomic E-state index is 10.5. The van der Waals surface area contributed by atoms with Crippen LogP contribution in [0.5, 0.6) is 0 Å². The van der Waals surface area contributed by atoms with Crippen LogP contribution in [0, 0.1) is 11.8 Å². The van der Waals surface area contributed by atoms with Gasteiger partial charge in [-0.25, -0.2) is 0 Å². The minimum absolute atomic E-state index is 0.0688. The molecule has 0 radical (unpaired) electrons. The first kappa shape index (κ1) is 13.1. The Kier molecular flexibility index (Phi) is 3.65. The standard InChI is InChI=1S/C15H26O2/c1-10(2)12-8-7-11(3)6-5-9-15(4)14(17-15)13(12)16/h6,10,12-14,16H,5,7-9H2,1-4H3/b11-6+/t12-,13+,14-,15-/m0/s1. The highest BCUT2D eigenvalue weighted by Gasteiger charge is 2.57. The van der Waals surface area contributed by atoms with E-state index in [2.05, 4.69) is 33.8 Å². The second kappa shape index (κ2) is 4.74. The normalized spacial score (nSPS) is 46.0. The molecule has 2 aliphatic rings. The van der Waals surface area contributed by atoms with Gasteiger partial charge in [0.05, 0.1) is 11.7 Å². The number of aliphatic hydroxyl groups excluding tert-OH is 1. The average Bonchev–Trinajstić information content (AvgIpc) is 2.89. The predicted octanol–water partition coefficient (Wildman–Crippen LogP) is 3.30. The lowest BCUT2D eigenvalue weighted by Crippen LogP contribution is -2.33. The number of rotatable bonds is 1. The van der Waals surface area contributed by atoms with Gasteiger partial charge in [-0.1, -0.05) is 25.5 Å². The summed E-state index contributed by atoms with van der Waals surface area (Å²) in [5.74, 6) is 0.883. The Balaban J connectivity index is 2.14. The van der Waals surface area contributed by atoms with Gasteiger partial charge in [-0.3, -0.25) is 0 Å². The van der Waals surface area contributed by atoms with Crippen molar-refractivity contribution in [3.8, 4) is 0 Å². The summed E-state index contributed by atoms with van der Waals surface area (Å²) >= 11 is 0. The summed E-state index contributed by atoms with van der Waals surface area (Å²) in [6, 6.07) is 0. The van der Waals surface area contributed by atoms with Crippen LogP contribution in [0.4, 0.5) is 0 Å². The number of epoxide rings is 1. The Hall–Kier alpha value is -0.340. The molecule has 2 rings (SSSR count). The zero-order valence-corrected chi connectivity index (χ0v) is 11.6. The minimum Gasteiger partial charge on any atom is -0.390 e. The maximum Gasteiger partial charge on any atom is 0.113 e. The highest BCUT2D eigenvalue weighted by atomic mass is 16.6. The average molecular weight is 238 g/mol. The van der Waals surface area contributed by atoms with E-state index in [4.69, 9.17) is 4.74 Å². The second-order valence-electron chi connectivity index (χ2n) is 6.38. The zero-order chi connectivity index (χ0) is 12.6. The van der Waals surface area contributed by atoms with Crippen LogP contribution in [0.2, 0.25) is 0 Å². The van der Waals surface area contributed by atoms with Crippen molar-refractivity contribution in [2.24, 2.45) is 11.8 Å². The van der Waals surface area contributed by atoms with Crippen molar-refractivity contribution in [2.45, 2.75) is 71.2 Å². The highest BCUT2D eigenvalue weighted by molar-refractivity contribution is 5.09. The topological polar surface area (TPSA) is 32.8 Å². The molecule has 0 aromatic rings. The number of hydrogen-bond donors (Lipinski definition) is 1. The van der Waals surface area contributed by atoms with E-state index in [9.17, 15) is 5.11 Å². The third-order valence-electron chi connectivity index (χ3n) is 4.55. The molecule has 0 aromatic carbocycles. The van der Waals surface area contributed by atoms with Crippen molar-refractivity contribution in [1.29, 1.82) is 0 Å². The van der Waals surface area contributed by atoms with Crippen LogP contribution in [0.3, 0.4) is 0 Å². The monoisotopic (exact) mass is 238 g/mol. The van der Waals surface area contributed by atoms with Crippen LogP contribution in [0.1, 0.15) is 53.4 Å². The van der Waals surface area contributed by atoms with Crippen molar-refractivity contribution in [3.63, 3.8) is 0 Å². The fourth-order valence-corrected chi connectivity index (χ4v) is 3.11. The van der Waals surface area contributed by atoms with Gasteiger partial charge in [-0.15, -0.1) is 0 Å². The molecule has 1 saturated heterocycles. The fraction of sp³-hybridized carbons (Fsp3) is 0.867. The predicted molar refractivity (Wildman–Crippen MR) is 69.8 cm³/mol. The summed E-state index contributed by atoms with van der Waals surface area (Å²) in [6.07, 6.45) is 6.45. The smallest absolute Gasteiger partial charge is 0.113 e. The van der Waals surface area contributed by atoms with E-state index in [1.165, 1.54) is 5.57 Å². The van der Waals surface area contributed by atoms with Gasteiger partial charge in [0.25, 0.3) is 0 Å². The van der Waals surface area contributed by atoms with Gasteiger partial charge in [0.15, 0.2) is 0 Å². The Morgan fingerprint density at radius 3 is 2.82 bits per heavy atom. The van der Waals surface area contributed by atoms with Gasteiger partial charge in [-0.2, -0.15) is 0 Å². The fourth-order valence-electron chi connectivity index (χ4n) is 3.11. The van der Waals surface area contributed by atoms with Gasteiger partial charge in [0.1, 0.15) is 6.10 Å². The first-order valence-electron chi connectivity index (χ1n) is 6.95. The summed E-state index contributed by atoms with van der Waals surface area (Å²) in [7, 11) is 0. The van der Waals surface area contributed by atoms with Crippen LogP contribution in [-0.4, -0.2) is 22.9 Å². The summed E-state index contributed by atoms with van der Waals surface area (Å²) < 4.78 is 5.79. The van der Waals surface area contributed by atoms with Crippen molar-refractivity contribution >= 4 is 0 Å². The summed E-state index contributed by atoms with van der Waals surface area (Å²) in [5, 5.41) is 10.5. The van der Waals surface area contributed by atoms with E-state index in [1.807, 2.05) is 0 Å². The minimum atomic E-state index is -0.286. The van der Waals surface area contributed by atoms with Crippen molar-refractivity contribution in [1.82, 2.24) is 0 Å². The number of aliphatic hydroxyl groups is 1. The molecular formula is C15H26O2. The lowest BCUT2D eigenvalue weighted by atomic mass is 9.80. The van der Waals surface area contributed by atoms with Crippen molar-refractivity contribution < 1.29 is 9.84 Å². The molecule has 0 bridgehead atoms. The van der Waals surface area contributed by atoms with E-state index >= 15 is 0 Å². The molecule has 0 unspecified atom stereocenters. The number of hydrogen-bond acceptors (Lipinski definition) is 2. The molecule has 1 fully saturated rings. The molecule has 1 N–H and O–H groups in total. The molecular weight excluding hydrogens is 212 g/mol. The molecule has 1 aliphatic carbocycles. The molecule has 0 saturated carbocycles. The SMILES string of the molecule is C/C1=C\CC[C@]2(C)O[C@H]2[C@H](O)[C@H](C(C)C)CC1. The van der Waals surface area contributed by atoms with Gasteiger partial charge in [-0.05, 0) is 51.4 Å². The Morgan fingerprint density at radius 1 is 1.47 bits per heavy atom. The second-order valence-corrected chi connectivity index (χ2v) is 6.38. The molecule has 0 aromatic heterocycles. The molecule has 0 amide bonds. The summed E-state index contributed by atoms with van der Waals surface area (Å²) in [6.45, 7) is 8.76. The lowest BCUT2D eigenvalue weighted by molar-refractivity contribution is 0.0505. The van der Waals surface area contributed by atoms with Crippen LogP contribution < -0.4 is 0 Å². The van der Waals surface area contributed by atoms with Crippen LogP contribution in [0.25, 0.3) is 0 Å². The zero-order valence-electron chi connectivity index (χ0n) is 11.6. The molecule has 2 heteroatoms. The van der Waals surface area contributed by atoms with Crippen molar-refractivity contribution in [3.05, 3.63) is 11.6 Å². The van der Waals surface area contributed by atoms with Gasteiger partial charge < -0.3 is 9.84 Å². The number of fused-ring (bicyclic) bond motifs is 1. The Labute approximate surface area is 105 Å². The largest absolute Gasteiger partial charge is 0.390 e. The summed E-state index contributed by atoms with van der Waals surface area (Å²) in [4.78, 5) is 0. The lowest BCUT2D eigenvalue weighted by Gasteiger charge is -2.27. The van der Waals surface area contributed by atoms with E-state index < -0.39 is 0 Å². The van der Waals surface area contributed by atoms with E-state index in [0.717, 1.165) is 25.7 Å². The molecule has 4 atom stereocenters. The molecule has 17 heavy (non-hydrogen) atoms. The number of ether oxygens (including phenoxy) is 1. The van der Waals surface area contributed by atoms with E-state index in [0.29, 0.717) is 11.8 Å². The van der Waals surface area contributed by atoms with Crippen LogP contribution in [-0.2, 0) is 4.74 Å². The summed E-state index contributed by atoms with van der Waals surface area (Å²) in [5.41, 5.74) is 1.39. The van der Waals surface area contributed by atoms with E-state index in [1.54, 1.807) is 0 Å². The van der Waals surface area contributed by atoms with Crippen LogP contribution in [0.15, 0.2) is 11.6 Å². The first-order chi connectivity index (χ1) is 7.94. The quantitative estimate of drug-likeness (QED) is 0.561. The molecule has 1 heterocycles. The molecule has 1 aliphatic heterocycles. The third kappa shape index (κ3) is 2.74. The maximum atomic E-state index is 10.5. The van der Waals surface area contributed by atoms with Gasteiger partial charge >= 0.3 is 0 Å². The highest BCUT2D eigenvalue weighted by Crippen LogP contribution is 2.46. The third-order valence-corrected chi connectivity index (χ3v) is 4.55. The Bertz CT molecular complexity index is 308. The first-order valence-corrected chi connectivity index (χ1v) is 6.95. The van der Waals surface area contributed by atoms with Gasteiger partial charge in [0, 0.05) is 0 Å². The van der Waals surface area contributed by atoms with Crippen molar-refractivity contribution in [2.75, 3.05) is 0 Å². The molecule has 0 spiro atoms. The van der Waals surface area contributed by atoms with Gasteiger partial charge in [0.2, 0.25) is 0 Å². The van der Waals surface area contributed by atoms with E-state index in [-0.39, 0.29) is 17.8 Å². The molecule has 98 valence electrons. The van der Waals surface area contributed by atoms with Crippen LogP contribution >= 0.6 is 0 Å². The molecule has 2 nitrogen and oxygen atoms in total.